The molecule has 51 heavy (non-hydrogen) atoms. The lowest BCUT2D eigenvalue weighted by Gasteiger charge is -2.34. The summed E-state index contributed by atoms with van der Waals surface area (Å²) in [5.74, 6) is -0.00400. The number of nitrogens with one attached hydrogen (secondary N) is 1. The molecular formula is C43H69N5O3. The summed E-state index contributed by atoms with van der Waals surface area (Å²) < 4.78 is 0. The average Bonchev–Trinajstić information content (AvgIpc) is 3.07. The Kier molecular flexibility index (Phi) is 20.1. The van der Waals surface area contributed by atoms with Crippen molar-refractivity contribution in [1.29, 1.82) is 0 Å². The molecule has 2 heterocycles. The van der Waals surface area contributed by atoms with Crippen LogP contribution in [0.2, 0.25) is 0 Å². The number of carbonyl (C=O) groups excluding carboxylic acids is 1. The highest BCUT2D eigenvalue weighted by Gasteiger charge is 2.27. The standard InChI is InChI=1S/C34H47N5O3.C5H12.C4H10/c1-8-11-12-18-39(34(42)23(4)9-2)33-24(5)31(21-35-25(33)6)38-19-17-28(10-3)30(22-38)37-26(7)36-29-15-13-27(14-16-29)20-32(40)41;1-5(2,3)4;1-3-4-2/h10,13-16,21,23H,3,8-9,11-12,17-20,22H2,1-2,4-7H3,(H,36,37)(H,40,41);1-4H3;3-4H2,1-2H3. The molecule has 0 radical (unpaired) electrons. The Morgan fingerprint density at radius 1 is 1.06 bits per heavy atom. The van der Waals surface area contributed by atoms with Crippen molar-refractivity contribution in [2.45, 2.75) is 134 Å². The summed E-state index contributed by atoms with van der Waals surface area (Å²) in [6, 6.07) is 7.35. The number of carboxylic acid groups (broad SMARTS) is 1. The van der Waals surface area contributed by atoms with Gasteiger partial charge in [0.25, 0.3) is 0 Å². The first kappa shape index (κ1) is 45.1. The largest absolute Gasteiger partial charge is 0.481 e. The lowest BCUT2D eigenvalue weighted by Crippen LogP contribution is -2.38. The van der Waals surface area contributed by atoms with Gasteiger partial charge >= 0.3 is 5.97 Å². The topological polar surface area (TPSA) is 98.1 Å². The fraction of sp³-hybridized carbons (Fsp3) is 0.581. The van der Waals surface area contributed by atoms with Crippen LogP contribution in [-0.2, 0) is 16.0 Å². The minimum absolute atomic E-state index is 0.00391. The van der Waals surface area contributed by atoms with Gasteiger partial charge in [-0.3, -0.25) is 14.6 Å². The number of aliphatic carboxylic acids is 1. The molecule has 0 bridgehead atoms. The number of hydrogen-bond donors (Lipinski definition) is 2. The molecule has 1 aliphatic rings. The summed E-state index contributed by atoms with van der Waals surface area (Å²) in [6.45, 7) is 31.5. The third-order valence-corrected chi connectivity index (χ3v) is 8.40. The zero-order chi connectivity index (χ0) is 38.7. The quantitative estimate of drug-likeness (QED) is 0.115. The van der Waals surface area contributed by atoms with Crippen LogP contribution in [0.1, 0.15) is 131 Å². The summed E-state index contributed by atoms with van der Waals surface area (Å²) in [4.78, 5) is 38.5. The maximum Gasteiger partial charge on any atom is 0.307 e. The summed E-state index contributed by atoms with van der Waals surface area (Å²) in [5, 5.41) is 12.3. The van der Waals surface area contributed by atoms with Gasteiger partial charge in [0.1, 0.15) is 5.84 Å². The second kappa shape index (κ2) is 22.8. The summed E-state index contributed by atoms with van der Waals surface area (Å²) in [6.07, 6.45) is 11.2. The number of hydrogen-bond acceptors (Lipinski definition) is 5. The molecule has 1 atom stereocenters. The Bertz CT molecular complexity index is 1450. The van der Waals surface area contributed by atoms with Crippen LogP contribution >= 0.6 is 0 Å². The summed E-state index contributed by atoms with van der Waals surface area (Å²) in [7, 11) is 0. The molecule has 3 rings (SSSR count). The third kappa shape index (κ3) is 16.3. The lowest BCUT2D eigenvalue weighted by molar-refractivity contribution is -0.136. The van der Waals surface area contributed by atoms with Gasteiger partial charge in [0.15, 0.2) is 0 Å². The van der Waals surface area contributed by atoms with E-state index in [1.807, 2.05) is 62.2 Å². The fourth-order valence-electron chi connectivity index (χ4n) is 5.33. The average molecular weight is 704 g/mol. The molecule has 0 fully saturated rings. The van der Waals surface area contributed by atoms with Crippen LogP contribution in [0.15, 0.2) is 59.4 Å². The molecule has 2 aromatic rings. The zero-order valence-corrected chi connectivity index (χ0v) is 34.1. The van der Waals surface area contributed by atoms with Crippen LogP contribution in [0.5, 0.6) is 0 Å². The molecule has 1 aromatic carbocycles. The molecule has 1 aliphatic heterocycles. The van der Waals surface area contributed by atoms with E-state index >= 15 is 0 Å². The number of pyridine rings is 1. The molecular weight excluding hydrogens is 635 g/mol. The number of amidine groups is 1. The van der Waals surface area contributed by atoms with Crippen LogP contribution in [0.25, 0.3) is 0 Å². The maximum absolute atomic E-state index is 13.5. The van der Waals surface area contributed by atoms with Crippen LogP contribution in [0.3, 0.4) is 0 Å². The Morgan fingerprint density at radius 3 is 2.18 bits per heavy atom. The van der Waals surface area contributed by atoms with Crippen LogP contribution in [-0.4, -0.2) is 47.4 Å². The summed E-state index contributed by atoms with van der Waals surface area (Å²) >= 11 is 0. The highest BCUT2D eigenvalue weighted by Crippen LogP contribution is 2.35. The van der Waals surface area contributed by atoms with Crippen molar-refractivity contribution in [3.63, 3.8) is 0 Å². The van der Waals surface area contributed by atoms with Crippen molar-refractivity contribution >= 4 is 34.8 Å². The van der Waals surface area contributed by atoms with Gasteiger partial charge in [0.05, 0.1) is 41.9 Å². The lowest BCUT2D eigenvalue weighted by atomic mass is 10.0. The number of carbonyl (C=O) groups is 2. The van der Waals surface area contributed by atoms with E-state index in [0.29, 0.717) is 18.5 Å². The first-order chi connectivity index (χ1) is 24.0. The molecule has 2 N–H and O–H groups in total. The van der Waals surface area contributed by atoms with Gasteiger partial charge < -0.3 is 20.2 Å². The van der Waals surface area contributed by atoms with E-state index in [1.165, 1.54) is 12.8 Å². The second-order valence-corrected chi connectivity index (χ2v) is 15.1. The fourth-order valence-corrected chi connectivity index (χ4v) is 5.33. The molecule has 0 saturated carbocycles. The Morgan fingerprint density at radius 2 is 1.67 bits per heavy atom. The summed E-state index contributed by atoms with van der Waals surface area (Å²) in [5.41, 5.74) is 8.02. The minimum Gasteiger partial charge on any atom is -0.481 e. The van der Waals surface area contributed by atoms with Gasteiger partial charge in [-0.15, -0.1) is 0 Å². The third-order valence-electron chi connectivity index (χ3n) is 8.40. The molecule has 0 aliphatic carbocycles. The molecule has 284 valence electrons. The van der Waals surface area contributed by atoms with Crippen molar-refractivity contribution in [2.24, 2.45) is 16.3 Å². The predicted octanol–water partition coefficient (Wildman–Crippen LogP) is 10.9. The number of allylic oxidation sites excluding steroid dienone is 1. The Labute approximate surface area is 310 Å². The molecule has 8 heteroatoms. The van der Waals surface area contributed by atoms with Gasteiger partial charge in [0, 0.05) is 24.7 Å². The van der Waals surface area contributed by atoms with Gasteiger partial charge in [-0.25, -0.2) is 4.99 Å². The molecule has 1 unspecified atom stereocenters. The molecule has 1 amide bonds. The normalized spacial score (nSPS) is 13.7. The zero-order valence-electron chi connectivity index (χ0n) is 34.1. The van der Waals surface area contributed by atoms with Crippen molar-refractivity contribution in [1.82, 2.24) is 4.98 Å². The molecule has 0 saturated heterocycles. The van der Waals surface area contributed by atoms with E-state index in [9.17, 15) is 9.59 Å². The van der Waals surface area contributed by atoms with Crippen molar-refractivity contribution in [2.75, 3.05) is 34.8 Å². The number of nitrogens with zero attached hydrogens (tertiary/aromatic N) is 4. The smallest absolute Gasteiger partial charge is 0.307 e. The van der Waals surface area contributed by atoms with Crippen LogP contribution in [0, 0.1) is 25.2 Å². The SMILES string of the molecule is C=CC1=C(N=C(C)Nc2ccc(CC(=O)O)cc2)CN(c2cnc(C)c(N(CCCCC)C(=O)C(C)CC)c2C)CC1.CC(C)(C)C.CCCC. The Balaban J connectivity index is 0.00000129. The van der Waals surface area contributed by atoms with E-state index < -0.39 is 5.97 Å². The number of carboxylic acids is 1. The first-order valence-corrected chi connectivity index (χ1v) is 19.0. The number of rotatable bonds is 14. The molecule has 0 spiro atoms. The number of aliphatic imine (C=N–C) groups is 1. The predicted molar refractivity (Wildman–Crippen MR) is 219 cm³/mol. The van der Waals surface area contributed by atoms with Crippen molar-refractivity contribution in [3.8, 4) is 0 Å². The molecule has 8 nitrogen and oxygen atoms in total. The van der Waals surface area contributed by atoms with E-state index in [-0.39, 0.29) is 18.2 Å². The van der Waals surface area contributed by atoms with Gasteiger partial charge in [0.2, 0.25) is 5.91 Å². The van der Waals surface area contributed by atoms with Crippen LogP contribution in [0.4, 0.5) is 17.1 Å². The van der Waals surface area contributed by atoms with Crippen molar-refractivity contribution in [3.05, 3.63) is 71.2 Å². The number of aromatic nitrogens is 1. The van der Waals surface area contributed by atoms with E-state index in [4.69, 9.17) is 15.1 Å². The maximum atomic E-state index is 13.5. The van der Waals surface area contributed by atoms with Gasteiger partial charge in [-0.2, -0.15) is 0 Å². The first-order valence-electron chi connectivity index (χ1n) is 19.0. The van der Waals surface area contributed by atoms with E-state index in [0.717, 1.165) is 89.6 Å². The van der Waals surface area contributed by atoms with Gasteiger partial charge in [-0.05, 0) is 74.3 Å². The van der Waals surface area contributed by atoms with Crippen LogP contribution < -0.4 is 15.1 Å². The van der Waals surface area contributed by atoms with Gasteiger partial charge in [-0.1, -0.05) is 113 Å². The monoisotopic (exact) mass is 704 g/mol. The number of amides is 1. The second-order valence-electron chi connectivity index (χ2n) is 15.1. The number of aryl methyl sites for hydroxylation is 1. The number of unbranched alkanes of at least 4 members (excludes halogenated alkanes) is 3. The minimum atomic E-state index is -0.850. The van der Waals surface area contributed by atoms with E-state index in [1.54, 1.807) is 0 Å². The highest BCUT2D eigenvalue weighted by atomic mass is 16.4. The number of benzene rings is 1. The number of anilines is 3. The highest BCUT2D eigenvalue weighted by molar-refractivity contribution is 5.97. The Hall–Kier alpha value is -3.94. The molecule has 1 aromatic heterocycles. The van der Waals surface area contributed by atoms with E-state index in [2.05, 4.69) is 79.1 Å². The van der Waals surface area contributed by atoms with Crippen molar-refractivity contribution < 1.29 is 14.7 Å².